The highest BCUT2D eigenvalue weighted by Crippen LogP contribution is 2.37. The Labute approximate surface area is 177 Å². The Bertz CT molecular complexity index is 843. The molecule has 0 aliphatic heterocycles. The SMILES string of the molecule is CC(C)OC(=O)C(Sc1cc(NC(=O)c2ccccc2)c(F)cc1Br)C(C)C. The molecule has 0 radical (unpaired) electrons. The Kier molecular flexibility index (Phi) is 8.07. The normalized spacial score (nSPS) is 12.1. The van der Waals surface area contributed by atoms with Gasteiger partial charge in [0.15, 0.2) is 0 Å². The summed E-state index contributed by atoms with van der Waals surface area (Å²) in [5.74, 6) is -1.28. The Morgan fingerprint density at radius 1 is 1.11 bits per heavy atom. The fraction of sp³-hybridized carbons (Fsp3) is 0.333. The lowest BCUT2D eigenvalue weighted by Crippen LogP contribution is -2.27. The third-order valence-electron chi connectivity index (χ3n) is 3.75. The third kappa shape index (κ3) is 6.07. The maximum absolute atomic E-state index is 14.4. The molecule has 0 aliphatic carbocycles. The molecular weight excluding hydrogens is 445 g/mol. The van der Waals surface area contributed by atoms with Crippen LogP contribution >= 0.6 is 27.7 Å². The third-order valence-corrected chi connectivity index (χ3v) is 6.25. The largest absolute Gasteiger partial charge is 0.462 e. The number of benzene rings is 2. The van der Waals surface area contributed by atoms with Crippen molar-refractivity contribution in [3.63, 3.8) is 0 Å². The van der Waals surface area contributed by atoms with E-state index >= 15 is 0 Å². The molecule has 2 rings (SSSR count). The summed E-state index contributed by atoms with van der Waals surface area (Å²) in [6.45, 7) is 7.44. The van der Waals surface area contributed by atoms with Gasteiger partial charge in [-0.25, -0.2) is 4.39 Å². The van der Waals surface area contributed by atoms with Crippen LogP contribution in [-0.4, -0.2) is 23.2 Å². The standard InChI is InChI=1S/C21H23BrFNO3S/c1-12(2)19(21(26)27-13(3)4)28-18-11-17(16(23)10-15(18)22)24-20(25)14-8-6-5-7-9-14/h5-13,19H,1-4H3,(H,24,25). The van der Waals surface area contributed by atoms with Gasteiger partial charge in [-0.1, -0.05) is 32.0 Å². The molecule has 2 aromatic rings. The molecule has 4 nitrogen and oxygen atoms in total. The zero-order valence-corrected chi connectivity index (χ0v) is 18.6. The second kappa shape index (κ2) is 10.1. The molecule has 0 spiro atoms. The average Bonchev–Trinajstić information content (AvgIpc) is 2.62. The van der Waals surface area contributed by atoms with Crippen LogP contribution in [0.15, 0.2) is 51.8 Å². The zero-order chi connectivity index (χ0) is 20.8. The number of halogens is 2. The van der Waals surface area contributed by atoms with E-state index in [1.54, 1.807) is 44.2 Å². The van der Waals surface area contributed by atoms with Gasteiger partial charge in [-0.05, 0) is 60.0 Å². The van der Waals surface area contributed by atoms with E-state index in [1.807, 2.05) is 13.8 Å². The Balaban J connectivity index is 2.26. The van der Waals surface area contributed by atoms with Crippen molar-refractivity contribution >= 4 is 45.3 Å². The van der Waals surface area contributed by atoms with Gasteiger partial charge in [-0.3, -0.25) is 9.59 Å². The topological polar surface area (TPSA) is 55.4 Å². The van der Waals surface area contributed by atoms with Crippen LogP contribution in [0.5, 0.6) is 0 Å². The number of rotatable bonds is 7. The first kappa shape index (κ1) is 22.4. The van der Waals surface area contributed by atoms with E-state index < -0.39 is 17.0 Å². The molecule has 0 heterocycles. The van der Waals surface area contributed by atoms with Crippen molar-refractivity contribution in [3.8, 4) is 0 Å². The summed E-state index contributed by atoms with van der Waals surface area (Å²) in [7, 11) is 0. The van der Waals surface area contributed by atoms with Crippen molar-refractivity contribution in [1.82, 2.24) is 0 Å². The van der Waals surface area contributed by atoms with E-state index in [0.717, 1.165) is 0 Å². The van der Waals surface area contributed by atoms with Gasteiger partial charge in [0.1, 0.15) is 11.1 Å². The summed E-state index contributed by atoms with van der Waals surface area (Å²) in [6, 6.07) is 11.4. The maximum Gasteiger partial charge on any atom is 0.319 e. The summed E-state index contributed by atoms with van der Waals surface area (Å²) in [6.07, 6.45) is -0.216. The molecule has 1 amide bonds. The predicted octanol–water partition coefficient (Wildman–Crippen LogP) is 5.91. The average molecular weight is 468 g/mol. The van der Waals surface area contributed by atoms with Gasteiger partial charge in [0.2, 0.25) is 0 Å². The van der Waals surface area contributed by atoms with Gasteiger partial charge in [0, 0.05) is 14.9 Å². The summed E-state index contributed by atoms with van der Waals surface area (Å²) < 4.78 is 20.2. The number of thioether (sulfide) groups is 1. The smallest absolute Gasteiger partial charge is 0.319 e. The first-order valence-corrected chi connectivity index (χ1v) is 10.6. The Morgan fingerprint density at radius 3 is 2.32 bits per heavy atom. The highest BCUT2D eigenvalue weighted by Gasteiger charge is 2.27. The molecule has 0 fully saturated rings. The van der Waals surface area contributed by atoms with E-state index in [4.69, 9.17) is 4.74 Å². The number of carbonyl (C=O) groups is 2. The van der Waals surface area contributed by atoms with Gasteiger partial charge in [-0.2, -0.15) is 0 Å². The van der Waals surface area contributed by atoms with Crippen molar-refractivity contribution in [2.24, 2.45) is 5.92 Å². The first-order valence-electron chi connectivity index (χ1n) is 8.91. The molecule has 0 aliphatic rings. The Morgan fingerprint density at radius 2 is 1.75 bits per heavy atom. The summed E-state index contributed by atoms with van der Waals surface area (Å²) >= 11 is 4.62. The van der Waals surface area contributed by atoms with Crippen LogP contribution in [-0.2, 0) is 9.53 Å². The van der Waals surface area contributed by atoms with Crippen LogP contribution in [0, 0.1) is 11.7 Å². The van der Waals surface area contributed by atoms with Crippen LogP contribution in [0.1, 0.15) is 38.1 Å². The van der Waals surface area contributed by atoms with Gasteiger partial charge >= 0.3 is 5.97 Å². The lowest BCUT2D eigenvalue weighted by Gasteiger charge is -2.21. The second-order valence-corrected chi connectivity index (χ2v) is 8.89. The van der Waals surface area contributed by atoms with Crippen molar-refractivity contribution in [1.29, 1.82) is 0 Å². The molecule has 0 bridgehead atoms. The molecule has 150 valence electrons. The van der Waals surface area contributed by atoms with E-state index in [0.29, 0.717) is 14.9 Å². The van der Waals surface area contributed by atoms with E-state index in [9.17, 15) is 14.0 Å². The molecule has 7 heteroatoms. The van der Waals surface area contributed by atoms with Crippen molar-refractivity contribution in [2.75, 3.05) is 5.32 Å². The molecule has 0 aromatic heterocycles. The van der Waals surface area contributed by atoms with E-state index in [2.05, 4.69) is 21.2 Å². The highest BCUT2D eigenvalue weighted by molar-refractivity contribution is 9.10. The summed E-state index contributed by atoms with van der Waals surface area (Å²) in [4.78, 5) is 25.4. The number of nitrogens with one attached hydrogen (secondary N) is 1. The molecule has 0 saturated heterocycles. The lowest BCUT2D eigenvalue weighted by atomic mass is 10.1. The number of amides is 1. The van der Waals surface area contributed by atoms with Crippen LogP contribution in [0.25, 0.3) is 0 Å². The second-order valence-electron chi connectivity index (χ2n) is 6.85. The first-order chi connectivity index (χ1) is 13.2. The Hall–Kier alpha value is -1.86. The fourth-order valence-corrected chi connectivity index (χ4v) is 4.04. The number of anilines is 1. The van der Waals surface area contributed by atoms with Crippen LogP contribution in [0.3, 0.4) is 0 Å². The summed E-state index contributed by atoms with van der Waals surface area (Å²) in [5.41, 5.74) is 0.485. The number of esters is 1. The molecule has 28 heavy (non-hydrogen) atoms. The number of hydrogen-bond acceptors (Lipinski definition) is 4. The van der Waals surface area contributed by atoms with Gasteiger partial charge < -0.3 is 10.1 Å². The van der Waals surface area contributed by atoms with Crippen molar-refractivity contribution in [2.45, 2.75) is 43.9 Å². The number of carbonyl (C=O) groups excluding carboxylic acids is 2. The van der Waals surface area contributed by atoms with E-state index in [1.165, 1.54) is 23.9 Å². The molecular formula is C21H23BrFNO3S. The quantitative estimate of drug-likeness (QED) is 0.406. The zero-order valence-electron chi connectivity index (χ0n) is 16.2. The fourth-order valence-electron chi connectivity index (χ4n) is 2.39. The number of hydrogen-bond donors (Lipinski definition) is 1. The van der Waals surface area contributed by atoms with Crippen molar-refractivity contribution < 1.29 is 18.7 Å². The monoisotopic (exact) mass is 467 g/mol. The van der Waals surface area contributed by atoms with Crippen LogP contribution < -0.4 is 5.32 Å². The molecule has 2 aromatic carbocycles. The molecule has 1 unspecified atom stereocenters. The van der Waals surface area contributed by atoms with Gasteiger partial charge in [0.05, 0.1) is 11.8 Å². The summed E-state index contributed by atoms with van der Waals surface area (Å²) in [5, 5.41) is 2.14. The molecule has 1 atom stereocenters. The predicted molar refractivity (Wildman–Crippen MR) is 114 cm³/mol. The van der Waals surface area contributed by atoms with Gasteiger partial charge in [-0.15, -0.1) is 11.8 Å². The van der Waals surface area contributed by atoms with Gasteiger partial charge in [0.25, 0.3) is 5.91 Å². The van der Waals surface area contributed by atoms with E-state index in [-0.39, 0.29) is 23.7 Å². The lowest BCUT2D eigenvalue weighted by molar-refractivity contribution is -0.147. The van der Waals surface area contributed by atoms with Crippen molar-refractivity contribution in [3.05, 3.63) is 58.3 Å². The molecule has 0 saturated carbocycles. The minimum atomic E-state index is -0.564. The maximum atomic E-state index is 14.4. The minimum absolute atomic E-state index is 0.00978. The minimum Gasteiger partial charge on any atom is -0.462 e. The number of ether oxygens (including phenoxy) is 1. The van der Waals surface area contributed by atoms with Crippen LogP contribution in [0.4, 0.5) is 10.1 Å². The highest BCUT2D eigenvalue weighted by atomic mass is 79.9. The van der Waals surface area contributed by atoms with Crippen LogP contribution in [0.2, 0.25) is 0 Å². The molecule has 1 N–H and O–H groups in total.